The molecular formula is C14H11Br2FO. The van der Waals surface area contributed by atoms with Gasteiger partial charge in [0.1, 0.15) is 5.82 Å². The van der Waals surface area contributed by atoms with Crippen molar-refractivity contribution in [2.75, 3.05) is 0 Å². The number of aliphatic hydroxyl groups is 1. The first-order valence-electron chi connectivity index (χ1n) is 5.43. The van der Waals surface area contributed by atoms with Crippen LogP contribution in [0.2, 0.25) is 0 Å². The first kappa shape index (κ1) is 13.7. The van der Waals surface area contributed by atoms with Gasteiger partial charge in [0, 0.05) is 15.4 Å². The zero-order valence-corrected chi connectivity index (χ0v) is 12.6. The van der Waals surface area contributed by atoms with Crippen LogP contribution in [0.15, 0.2) is 51.4 Å². The Morgan fingerprint density at radius 2 is 1.83 bits per heavy atom. The smallest absolute Gasteiger partial charge is 0.124 e. The molecule has 0 heterocycles. The predicted octanol–water partition coefficient (Wildman–Crippen LogP) is 4.63. The Hall–Kier alpha value is -0.710. The van der Waals surface area contributed by atoms with E-state index in [4.69, 9.17) is 0 Å². The fourth-order valence-corrected chi connectivity index (χ4v) is 2.70. The van der Waals surface area contributed by atoms with Gasteiger partial charge in [-0.25, -0.2) is 4.39 Å². The van der Waals surface area contributed by atoms with Gasteiger partial charge in [0.15, 0.2) is 0 Å². The van der Waals surface area contributed by atoms with Crippen LogP contribution in [0.1, 0.15) is 17.2 Å². The SMILES string of the molecule is OC(Cc1cccc(Br)c1)c1cc(F)cc(Br)c1. The highest BCUT2D eigenvalue weighted by atomic mass is 79.9. The molecule has 0 radical (unpaired) electrons. The number of aliphatic hydroxyl groups excluding tert-OH is 1. The summed E-state index contributed by atoms with van der Waals surface area (Å²) in [4.78, 5) is 0. The molecule has 0 aliphatic rings. The summed E-state index contributed by atoms with van der Waals surface area (Å²) in [6.45, 7) is 0. The van der Waals surface area contributed by atoms with E-state index in [1.165, 1.54) is 12.1 Å². The van der Waals surface area contributed by atoms with E-state index in [2.05, 4.69) is 31.9 Å². The average Bonchev–Trinajstić information content (AvgIpc) is 2.27. The first-order chi connectivity index (χ1) is 8.54. The molecule has 4 heteroatoms. The molecule has 0 spiro atoms. The zero-order valence-electron chi connectivity index (χ0n) is 9.41. The van der Waals surface area contributed by atoms with Crippen molar-refractivity contribution >= 4 is 31.9 Å². The Labute approximate surface area is 122 Å². The minimum atomic E-state index is -0.716. The van der Waals surface area contributed by atoms with Crippen LogP contribution in [0.4, 0.5) is 4.39 Å². The third-order valence-electron chi connectivity index (χ3n) is 2.59. The number of halogens is 3. The quantitative estimate of drug-likeness (QED) is 0.831. The molecule has 0 aromatic heterocycles. The minimum Gasteiger partial charge on any atom is -0.388 e. The van der Waals surface area contributed by atoms with Gasteiger partial charge < -0.3 is 5.11 Å². The summed E-state index contributed by atoms with van der Waals surface area (Å²) < 4.78 is 14.8. The van der Waals surface area contributed by atoms with E-state index in [0.29, 0.717) is 16.5 Å². The summed E-state index contributed by atoms with van der Waals surface area (Å²) in [6.07, 6.45) is -0.263. The van der Waals surface area contributed by atoms with E-state index >= 15 is 0 Å². The van der Waals surface area contributed by atoms with Gasteiger partial charge in [0.05, 0.1) is 6.10 Å². The Morgan fingerprint density at radius 1 is 1.06 bits per heavy atom. The molecule has 2 aromatic rings. The van der Waals surface area contributed by atoms with Crippen LogP contribution in [0.3, 0.4) is 0 Å². The van der Waals surface area contributed by atoms with Crippen molar-refractivity contribution in [3.63, 3.8) is 0 Å². The summed E-state index contributed by atoms with van der Waals surface area (Å²) in [5.74, 6) is -0.354. The van der Waals surface area contributed by atoms with E-state index in [1.54, 1.807) is 6.07 Å². The molecule has 0 bridgehead atoms. The summed E-state index contributed by atoms with van der Waals surface area (Å²) >= 11 is 6.60. The van der Waals surface area contributed by atoms with Crippen molar-refractivity contribution in [3.8, 4) is 0 Å². The lowest BCUT2D eigenvalue weighted by Crippen LogP contribution is -2.02. The van der Waals surface area contributed by atoms with Gasteiger partial charge >= 0.3 is 0 Å². The fraction of sp³-hybridized carbons (Fsp3) is 0.143. The van der Waals surface area contributed by atoms with Gasteiger partial charge in [0.25, 0.3) is 0 Å². The molecule has 0 saturated heterocycles. The predicted molar refractivity (Wildman–Crippen MR) is 76.9 cm³/mol. The molecule has 1 atom stereocenters. The molecule has 0 aliphatic carbocycles. The monoisotopic (exact) mass is 372 g/mol. The van der Waals surface area contributed by atoms with Gasteiger partial charge in [-0.2, -0.15) is 0 Å². The van der Waals surface area contributed by atoms with Crippen LogP contribution in [0.25, 0.3) is 0 Å². The van der Waals surface area contributed by atoms with Crippen LogP contribution >= 0.6 is 31.9 Å². The van der Waals surface area contributed by atoms with Crippen molar-refractivity contribution in [1.82, 2.24) is 0 Å². The largest absolute Gasteiger partial charge is 0.388 e. The molecular weight excluding hydrogens is 363 g/mol. The molecule has 1 nitrogen and oxygen atoms in total. The van der Waals surface area contributed by atoms with E-state index in [9.17, 15) is 9.50 Å². The number of benzene rings is 2. The molecule has 1 unspecified atom stereocenters. The lowest BCUT2D eigenvalue weighted by molar-refractivity contribution is 0.178. The van der Waals surface area contributed by atoms with Gasteiger partial charge in [-0.3, -0.25) is 0 Å². The van der Waals surface area contributed by atoms with E-state index < -0.39 is 6.10 Å². The van der Waals surface area contributed by atoms with Crippen molar-refractivity contribution in [1.29, 1.82) is 0 Å². The second-order valence-corrected chi connectivity index (χ2v) is 5.88. The molecule has 0 amide bonds. The van der Waals surface area contributed by atoms with Gasteiger partial charge in [-0.1, -0.05) is 44.0 Å². The highest BCUT2D eigenvalue weighted by Gasteiger charge is 2.11. The standard InChI is InChI=1S/C14H11Br2FO/c15-11-3-1-2-9(4-11)5-14(18)10-6-12(16)8-13(17)7-10/h1-4,6-8,14,18H,5H2. The maximum absolute atomic E-state index is 13.2. The molecule has 1 N–H and O–H groups in total. The van der Waals surface area contributed by atoms with Gasteiger partial charge in [0.2, 0.25) is 0 Å². The van der Waals surface area contributed by atoms with E-state index in [1.807, 2.05) is 24.3 Å². The average molecular weight is 374 g/mol. The summed E-state index contributed by atoms with van der Waals surface area (Å²) in [5.41, 5.74) is 1.57. The number of hydrogen-bond acceptors (Lipinski definition) is 1. The maximum atomic E-state index is 13.2. The van der Waals surface area contributed by atoms with Crippen molar-refractivity contribution < 1.29 is 9.50 Å². The van der Waals surface area contributed by atoms with Gasteiger partial charge in [-0.05, 0) is 41.5 Å². The number of rotatable bonds is 3. The maximum Gasteiger partial charge on any atom is 0.124 e. The topological polar surface area (TPSA) is 20.2 Å². The Morgan fingerprint density at radius 3 is 2.50 bits per heavy atom. The molecule has 0 aliphatic heterocycles. The summed E-state index contributed by atoms with van der Waals surface area (Å²) in [5, 5.41) is 10.1. The molecule has 18 heavy (non-hydrogen) atoms. The van der Waals surface area contributed by atoms with Crippen LogP contribution in [0, 0.1) is 5.82 Å². The lowest BCUT2D eigenvalue weighted by atomic mass is 10.0. The fourth-order valence-electron chi connectivity index (χ4n) is 1.77. The third-order valence-corrected chi connectivity index (χ3v) is 3.54. The van der Waals surface area contributed by atoms with E-state index in [-0.39, 0.29) is 5.82 Å². The van der Waals surface area contributed by atoms with Crippen molar-refractivity contribution in [3.05, 3.63) is 68.4 Å². The van der Waals surface area contributed by atoms with Crippen LogP contribution < -0.4 is 0 Å². The highest BCUT2D eigenvalue weighted by Crippen LogP contribution is 2.24. The lowest BCUT2D eigenvalue weighted by Gasteiger charge is -2.12. The second-order valence-electron chi connectivity index (χ2n) is 4.05. The molecule has 2 aromatic carbocycles. The van der Waals surface area contributed by atoms with Crippen molar-refractivity contribution in [2.45, 2.75) is 12.5 Å². The van der Waals surface area contributed by atoms with Crippen LogP contribution in [-0.4, -0.2) is 5.11 Å². The number of hydrogen-bond donors (Lipinski definition) is 1. The molecule has 94 valence electrons. The van der Waals surface area contributed by atoms with Gasteiger partial charge in [-0.15, -0.1) is 0 Å². The highest BCUT2D eigenvalue weighted by molar-refractivity contribution is 9.10. The molecule has 2 rings (SSSR count). The van der Waals surface area contributed by atoms with Crippen molar-refractivity contribution in [2.24, 2.45) is 0 Å². The zero-order chi connectivity index (χ0) is 13.1. The summed E-state index contributed by atoms with van der Waals surface area (Å²) in [7, 11) is 0. The minimum absolute atomic E-state index is 0.354. The first-order valence-corrected chi connectivity index (χ1v) is 7.02. The molecule has 0 fully saturated rings. The third kappa shape index (κ3) is 3.64. The van der Waals surface area contributed by atoms with Crippen LogP contribution in [-0.2, 0) is 6.42 Å². The molecule has 0 saturated carbocycles. The van der Waals surface area contributed by atoms with Crippen LogP contribution in [0.5, 0.6) is 0 Å². The second kappa shape index (κ2) is 5.95. The summed E-state index contributed by atoms with van der Waals surface area (Å²) in [6, 6.07) is 12.2. The Kier molecular flexibility index (Phi) is 4.54. The Balaban J connectivity index is 2.19. The Bertz CT molecular complexity index is 537. The van der Waals surface area contributed by atoms with E-state index in [0.717, 1.165) is 10.0 Å². The normalized spacial score (nSPS) is 12.4.